The standard InChI is InChI=1S/C10H13NO4/c1-2-3-4-5-10(14)15-11-8(12)6-7-9(11)13/h4-5H,2-3,6-7H2,1H3/b5-4+. The van der Waals surface area contributed by atoms with E-state index in [4.69, 9.17) is 0 Å². The lowest BCUT2D eigenvalue weighted by Gasteiger charge is -2.10. The molecule has 0 unspecified atom stereocenters. The zero-order valence-corrected chi connectivity index (χ0v) is 8.56. The van der Waals surface area contributed by atoms with Gasteiger partial charge in [0.1, 0.15) is 0 Å². The van der Waals surface area contributed by atoms with Crippen LogP contribution in [0.4, 0.5) is 0 Å². The van der Waals surface area contributed by atoms with Crippen molar-refractivity contribution in [1.29, 1.82) is 0 Å². The number of allylic oxidation sites excluding steroid dienone is 1. The number of hydrogen-bond acceptors (Lipinski definition) is 4. The van der Waals surface area contributed by atoms with Crippen LogP contribution in [0.1, 0.15) is 32.6 Å². The molecule has 0 spiro atoms. The minimum atomic E-state index is -0.688. The quantitative estimate of drug-likeness (QED) is 0.513. The molecule has 0 atom stereocenters. The molecule has 15 heavy (non-hydrogen) atoms. The number of hydroxylamine groups is 2. The summed E-state index contributed by atoms with van der Waals surface area (Å²) in [4.78, 5) is 37.8. The zero-order valence-electron chi connectivity index (χ0n) is 8.56. The van der Waals surface area contributed by atoms with Crippen LogP contribution in [-0.4, -0.2) is 22.8 Å². The van der Waals surface area contributed by atoms with Gasteiger partial charge in [-0.25, -0.2) is 4.79 Å². The Bertz CT molecular complexity index is 293. The highest BCUT2D eigenvalue weighted by Gasteiger charge is 2.32. The van der Waals surface area contributed by atoms with Crippen LogP contribution in [0.5, 0.6) is 0 Å². The van der Waals surface area contributed by atoms with Crippen molar-refractivity contribution in [3.05, 3.63) is 12.2 Å². The Balaban J connectivity index is 2.44. The monoisotopic (exact) mass is 211 g/mol. The third-order valence-corrected chi connectivity index (χ3v) is 1.90. The van der Waals surface area contributed by atoms with Gasteiger partial charge in [-0.05, 0) is 6.42 Å². The molecule has 1 aliphatic heterocycles. The lowest BCUT2D eigenvalue weighted by molar-refractivity contribution is -0.193. The van der Waals surface area contributed by atoms with Crippen molar-refractivity contribution < 1.29 is 19.2 Å². The molecule has 0 saturated carbocycles. The van der Waals surface area contributed by atoms with Gasteiger partial charge in [-0.2, -0.15) is 0 Å². The summed E-state index contributed by atoms with van der Waals surface area (Å²) in [6, 6.07) is 0. The molecule has 1 saturated heterocycles. The molecule has 2 amide bonds. The number of nitrogens with zero attached hydrogens (tertiary/aromatic N) is 1. The Kier molecular flexibility index (Phi) is 4.03. The van der Waals surface area contributed by atoms with Crippen molar-refractivity contribution in [2.24, 2.45) is 0 Å². The van der Waals surface area contributed by atoms with E-state index < -0.39 is 17.8 Å². The van der Waals surface area contributed by atoms with Crippen molar-refractivity contribution in [2.75, 3.05) is 0 Å². The van der Waals surface area contributed by atoms with Crippen LogP contribution in [0, 0.1) is 0 Å². The normalized spacial score (nSPS) is 16.5. The van der Waals surface area contributed by atoms with Crippen LogP contribution < -0.4 is 0 Å². The number of unbranched alkanes of at least 4 members (excludes halogenated alkanes) is 1. The number of rotatable bonds is 4. The number of imide groups is 1. The fraction of sp³-hybridized carbons (Fsp3) is 0.500. The minimum absolute atomic E-state index is 0.116. The number of carbonyl (C=O) groups excluding carboxylic acids is 3. The van der Waals surface area contributed by atoms with Gasteiger partial charge in [0, 0.05) is 18.9 Å². The van der Waals surface area contributed by atoms with E-state index >= 15 is 0 Å². The molecule has 0 aromatic carbocycles. The van der Waals surface area contributed by atoms with Gasteiger partial charge in [-0.1, -0.05) is 19.4 Å². The molecule has 1 aliphatic rings. The predicted molar refractivity (Wildman–Crippen MR) is 51.2 cm³/mol. The summed E-state index contributed by atoms with van der Waals surface area (Å²) in [6.07, 6.45) is 4.79. The highest BCUT2D eigenvalue weighted by molar-refractivity contribution is 6.02. The summed E-state index contributed by atoms with van der Waals surface area (Å²) < 4.78 is 0. The highest BCUT2D eigenvalue weighted by Crippen LogP contribution is 2.12. The Hall–Kier alpha value is -1.65. The second-order valence-corrected chi connectivity index (χ2v) is 3.18. The molecule has 0 radical (unpaired) electrons. The van der Waals surface area contributed by atoms with E-state index in [1.807, 2.05) is 6.92 Å². The van der Waals surface area contributed by atoms with E-state index in [9.17, 15) is 14.4 Å². The van der Waals surface area contributed by atoms with Crippen LogP contribution in [0.3, 0.4) is 0 Å². The van der Waals surface area contributed by atoms with E-state index in [-0.39, 0.29) is 12.8 Å². The average Bonchev–Trinajstić information content (AvgIpc) is 2.50. The smallest absolute Gasteiger partial charge is 0.326 e. The number of amides is 2. The van der Waals surface area contributed by atoms with Gasteiger partial charge in [-0.3, -0.25) is 9.59 Å². The Morgan fingerprint density at radius 1 is 1.40 bits per heavy atom. The number of carbonyl (C=O) groups is 3. The van der Waals surface area contributed by atoms with Crippen molar-refractivity contribution in [3.63, 3.8) is 0 Å². The fourth-order valence-corrected chi connectivity index (χ4v) is 1.12. The Labute approximate surface area is 87.6 Å². The maximum absolute atomic E-state index is 11.1. The average molecular weight is 211 g/mol. The van der Waals surface area contributed by atoms with Gasteiger partial charge in [0.15, 0.2) is 0 Å². The topological polar surface area (TPSA) is 63.7 Å². The molecular formula is C10H13NO4. The molecule has 5 heteroatoms. The maximum atomic E-state index is 11.1. The highest BCUT2D eigenvalue weighted by atomic mass is 16.7. The lowest BCUT2D eigenvalue weighted by atomic mass is 10.3. The lowest BCUT2D eigenvalue weighted by Crippen LogP contribution is -2.31. The van der Waals surface area contributed by atoms with Crippen molar-refractivity contribution >= 4 is 17.8 Å². The SMILES string of the molecule is CCC/C=C/C(=O)ON1C(=O)CCC1=O. The van der Waals surface area contributed by atoms with Gasteiger partial charge in [-0.15, -0.1) is 5.06 Å². The molecule has 1 fully saturated rings. The largest absolute Gasteiger partial charge is 0.356 e. The zero-order chi connectivity index (χ0) is 11.3. The summed E-state index contributed by atoms with van der Waals surface area (Å²) in [5, 5.41) is 0.540. The summed E-state index contributed by atoms with van der Waals surface area (Å²) >= 11 is 0. The molecule has 0 bridgehead atoms. The van der Waals surface area contributed by atoms with E-state index in [1.54, 1.807) is 6.08 Å². The van der Waals surface area contributed by atoms with Crippen molar-refractivity contribution in [2.45, 2.75) is 32.6 Å². The van der Waals surface area contributed by atoms with E-state index in [1.165, 1.54) is 6.08 Å². The van der Waals surface area contributed by atoms with Gasteiger partial charge in [0.05, 0.1) is 0 Å². The molecule has 0 aromatic rings. The Morgan fingerprint density at radius 3 is 2.53 bits per heavy atom. The van der Waals surface area contributed by atoms with Crippen molar-refractivity contribution in [3.8, 4) is 0 Å². The maximum Gasteiger partial charge on any atom is 0.356 e. The van der Waals surface area contributed by atoms with E-state index in [2.05, 4.69) is 4.84 Å². The van der Waals surface area contributed by atoms with E-state index in [0.717, 1.165) is 12.8 Å². The molecule has 1 rings (SSSR count). The summed E-state index contributed by atoms with van der Waals surface area (Å²) in [5.74, 6) is -1.61. The molecule has 1 heterocycles. The first kappa shape index (κ1) is 11.4. The molecule has 82 valence electrons. The van der Waals surface area contributed by atoms with Gasteiger partial charge in [0.2, 0.25) is 0 Å². The van der Waals surface area contributed by atoms with Crippen molar-refractivity contribution in [1.82, 2.24) is 5.06 Å². The first-order valence-corrected chi connectivity index (χ1v) is 4.89. The van der Waals surface area contributed by atoms with Crippen LogP contribution >= 0.6 is 0 Å². The predicted octanol–water partition coefficient (Wildman–Crippen LogP) is 0.950. The fourth-order valence-electron chi connectivity index (χ4n) is 1.12. The van der Waals surface area contributed by atoms with Gasteiger partial charge < -0.3 is 4.84 Å². The molecular weight excluding hydrogens is 198 g/mol. The van der Waals surface area contributed by atoms with Gasteiger partial charge >= 0.3 is 5.97 Å². The molecule has 0 aromatic heterocycles. The van der Waals surface area contributed by atoms with E-state index in [0.29, 0.717) is 5.06 Å². The minimum Gasteiger partial charge on any atom is -0.326 e. The first-order valence-electron chi connectivity index (χ1n) is 4.89. The first-order chi connectivity index (χ1) is 7.15. The van der Waals surface area contributed by atoms with Crippen LogP contribution in [0.2, 0.25) is 0 Å². The second-order valence-electron chi connectivity index (χ2n) is 3.18. The number of hydrogen-bond donors (Lipinski definition) is 0. The third-order valence-electron chi connectivity index (χ3n) is 1.90. The molecule has 0 N–H and O–H groups in total. The van der Waals surface area contributed by atoms with Gasteiger partial charge in [0.25, 0.3) is 11.8 Å². The third kappa shape index (κ3) is 3.19. The van der Waals surface area contributed by atoms with Crippen LogP contribution in [0.25, 0.3) is 0 Å². The Morgan fingerprint density at radius 2 is 2.00 bits per heavy atom. The summed E-state index contributed by atoms with van der Waals surface area (Å²) in [5.41, 5.74) is 0. The van der Waals surface area contributed by atoms with Crippen LogP contribution in [0.15, 0.2) is 12.2 Å². The second kappa shape index (κ2) is 5.29. The summed E-state index contributed by atoms with van der Waals surface area (Å²) in [6.45, 7) is 1.98. The molecule has 0 aliphatic carbocycles. The summed E-state index contributed by atoms with van der Waals surface area (Å²) in [7, 11) is 0. The van der Waals surface area contributed by atoms with Crippen LogP contribution in [-0.2, 0) is 19.2 Å². The molecule has 5 nitrogen and oxygen atoms in total.